The SMILES string of the molecule is c1coc(-c2nc(N3CCn4cnnc4C3)ncc2-c2cnccn2)c1. The maximum absolute atomic E-state index is 5.58. The fraction of sp³-hybridized carbons (Fsp3) is 0.176. The van der Waals surface area contributed by atoms with Gasteiger partial charge in [-0.2, -0.15) is 0 Å². The van der Waals surface area contributed by atoms with E-state index in [9.17, 15) is 0 Å². The van der Waals surface area contributed by atoms with Crippen molar-refractivity contribution >= 4 is 5.95 Å². The lowest BCUT2D eigenvalue weighted by Crippen LogP contribution is -2.34. The predicted molar refractivity (Wildman–Crippen MR) is 91.8 cm³/mol. The van der Waals surface area contributed by atoms with Gasteiger partial charge < -0.3 is 13.9 Å². The molecule has 0 amide bonds. The van der Waals surface area contributed by atoms with Gasteiger partial charge in [-0.25, -0.2) is 9.97 Å². The van der Waals surface area contributed by atoms with Crippen molar-refractivity contribution in [1.29, 1.82) is 0 Å². The summed E-state index contributed by atoms with van der Waals surface area (Å²) in [4.78, 5) is 19.9. The highest BCUT2D eigenvalue weighted by Crippen LogP contribution is 2.30. The van der Waals surface area contributed by atoms with Gasteiger partial charge in [-0.3, -0.25) is 9.97 Å². The third-order valence-electron chi connectivity index (χ3n) is 4.29. The van der Waals surface area contributed by atoms with Crippen molar-refractivity contribution in [3.63, 3.8) is 0 Å². The Hall–Kier alpha value is -3.62. The van der Waals surface area contributed by atoms with Crippen molar-refractivity contribution < 1.29 is 4.42 Å². The Balaban J connectivity index is 1.58. The van der Waals surface area contributed by atoms with E-state index < -0.39 is 0 Å². The molecule has 0 fully saturated rings. The van der Waals surface area contributed by atoms with E-state index >= 15 is 0 Å². The van der Waals surface area contributed by atoms with Crippen LogP contribution in [0.4, 0.5) is 5.95 Å². The Morgan fingerprint density at radius 2 is 2.08 bits per heavy atom. The summed E-state index contributed by atoms with van der Waals surface area (Å²) in [6, 6.07) is 3.71. The molecule has 0 saturated carbocycles. The summed E-state index contributed by atoms with van der Waals surface area (Å²) in [6.07, 6.45) is 10.1. The molecule has 1 aliphatic rings. The van der Waals surface area contributed by atoms with E-state index in [0.717, 1.165) is 24.5 Å². The van der Waals surface area contributed by atoms with Crippen LogP contribution in [0.25, 0.3) is 22.7 Å². The molecule has 9 nitrogen and oxygen atoms in total. The molecule has 0 radical (unpaired) electrons. The van der Waals surface area contributed by atoms with Crippen molar-refractivity contribution in [3.05, 3.63) is 55.3 Å². The Kier molecular flexibility index (Phi) is 3.41. The summed E-state index contributed by atoms with van der Waals surface area (Å²) in [5.41, 5.74) is 2.16. The summed E-state index contributed by atoms with van der Waals surface area (Å²) in [7, 11) is 0. The van der Waals surface area contributed by atoms with Gasteiger partial charge in [0.05, 0.1) is 24.7 Å². The van der Waals surface area contributed by atoms with Gasteiger partial charge in [-0.1, -0.05) is 0 Å². The molecule has 0 N–H and O–H groups in total. The van der Waals surface area contributed by atoms with E-state index in [0.29, 0.717) is 29.6 Å². The summed E-state index contributed by atoms with van der Waals surface area (Å²) < 4.78 is 7.62. The topological polar surface area (TPSA) is 98.7 Å². The van der Waals surface area contributed by atoms with Crippen LogP contribution in [0, 0.1) is 0 Å². The van der Waals surface area contributed by atoms with Gasteiger partial charge in [0.25, 0.3) is 0 Å². The monoisotopic (exact) mass is 346 g/mol. The molecule has 0 saturated heterocycles. The van der Waals surface area contributed by atoms with E-state index in [-0.39, 0.29) is 0 Å². The first-order valence-electron chi connectivity index (χ1n) is 8.17. The van der Waals surface area contributed by atoms with Crippen LogP contribution in [-0.4, -0.2) is 41.2 Å². The van der Waals surface area contributed by atoms with Crippen LogP contribution in [0.3, 0.4) is 0 Å². The fourth-order valence-corrected chi connectivity index (χ4v) is 2.99. The molecule has 128 valence electrons. The van der Waals surface area contributed by atoms with Crippen molar-refractivity contribution in [3.8, 4) is 22.7 Å². The zero-order chi connectivity index (χ0) is 17.3. The summed E-state index contributed by atoms with van der Waals surface area (Å²) in [5, 5.41) is 8.11. The third-order valence-corrected chi connectivity index (χ3v) is 4.29. The van der Waals surface area contributed by atoms with Gasteiger partial charge in [0.2, 0.25) is 5.95 Å². The zero-order valence-corrected chi connectivity index (χ0v) is 13.7. The van der Waals surface area contributed by atoms with Crippen molar-refractivity contribution in [2.45, 2.75) is 13.1 Å². The average Bonchev–Trinajstić information content (AvgIpc) is 3.39. The summed E-state index contributed by atoms with van der Waals surface area (Å²) in [6.45, 7) is 2.20. The van der Waals surface area contributed by atoms with Gasteiger partial charge >= 0.3 is 0 Å². The standard InChI is InChI=1S/C17H14N8O/c1-2-14(26-7-1)16-12(13-9-18-3-4-19-13)8-20-17(22-16)24-5-6-25-11-21-23-15(25)10-24/h1-4,7-9,11H,5-6,10H2. The van der Waals surface area contributed by atoms with Gasteiger partial charge in [-0.05, 0) is 12.1 Å². The maximum Gasteiger partial charge on any atom is 0.226 e. The van der Waals surface area contributed by atoms with E-state index in [1.807, 2.05) is 16.7 Å². The highest BCUT2D eigenvalue weighted by atomic mass is 16.3. The highest BCUT2D eigenvalue weighted by molar-refractivity contribution is 5.76. The summed E-state index contributed by atoms with van der Waals surface area (Å²) in [5.74, 6) is 2.19. The van der Waals surface area contributed by atoms with Crippen molar-refractivity contribution in [1.82, 2.24) is 34.7 Å². The average molecular weight is 346 g/mol. The lowest BCUT2D eigenvalue weighted by Gasteiger charge is -2.27. The number of anilines is 1. The molecule has 0 aromatic carbocycles. The lowest BCUT2D eigenvalue weighted by atomic mass is 10.1. The van der Waals surface area contributed by atoms with Crippen LogP contribution in [0.2, 0.25) is 0 Å². The molecule has 0 spiro atoms. The van der Waals surface area contributed by atoms with E-state index in [1.54, 1.807) is 37.4 Å². The molecule has 0 unspecified atom stereocenters. The molecule has 5 heterocycles. The highest BCUT2D eigenvalue weighted by Gasteiger charge is 2.22. The van der Waals surface area contributed by atoms with Crippen LogP contribution in [0.1, 0.15) is 5.82 Å². The van der Waals surface area contributed by atoms with Crippen LogP contribution >= 0.6 is 0 Å². The largest absolute Gasteiger partial charge is 0.463 e. The fourth-order valence-electron chi connectivity index (χ4n) is 2.99. The normalized spacial score (nSPS) is 13.6. The Bertz CT molecular complexity index is 1030. The van der Waals surface area contributed by atoms with E-state index in [4.69, 9.17) is 9.40 Å². The Morgan fingerprint density at radius 1 is 1.08 bits per heavy atom. The van der Waals surface area contributed by atoms with Gasteiger partial charge in [0, 0.05) is 37.2 Å². The second kappa shape index (κ2) is 6.03. The van der Waals surface area contributed by atoms with Crippen LogP contribution in [0.15, 0.2) is 53.9 Å². The minimum atomic E-state index is 0.613. The minimum Gasteiger partial charge on any atom is -0.463 e. The third kappa shape index (κ3) is 2.50. The molecule has 5 rings (SSSR count). The van der Waals surface area contributed by atoms with Gasteiger partial charge in [-0.15, -0.1) is 10.2 Å². The first-order valence-corrected chi connectivity index (χ1v) is 8.17. The number of nitrogens with zero attached hydrogens (tertiary/aromatic N) is 8. The van der Waals surface area contributed by atoms with Gasteiger partial charge in [0.15, 0.2) is 11.6 Å². The molecule has 9 heteroatoms. The molecule has 1 aliphatic heterocycles. The molecule has 0 aliphatic carbocycles. The lowest BCUT2D eigenvalue weighted by molar-refractivity contribution is 0.550. The number of hydrogen-bond acceptors (Lipinski definition) is 8. The predicted octanol–water partition coefficient (Wildman–Crippen LogP) is 1.81. The van der Waals surface area contributed by atoms with Crippen LogP contribution < -0.4 is 4.90 Å². The van der Waals surface area contributed by atoms with Crippen molar-refractivity contribution in [2.75, 3.05) is 11.4 Å². The zero-order valence-electron chi connectivity index (χ0n) is 13.7. The van der Waals surface area contributed by atoms with E-state index in [2.05, 4.69) is 30.0 Å². The number of fused-ring (bicyclic) bond motifs is 1. The number of aromatic nitrogens is 7. The molecule has 26 heavy (non-hydrogen) atoms. The second-order valence-corrected chi connectivity index (χ2v) is 5.86. The quantitative estimate of drug-likeness (QED) is 0.554. The number of hydrogen-bond donors (Lipinski definition) is 0. The van der Waals surface area contributed by atoms with Crippen LogP contribution in [0.5, 0.6) is 0 Å². The molecule has 0 atom stereocenters. The molecule has 4 aromatic heterocycles. The van der Waals surface area contributed by atoms with Crippen LogP contribution in [-0.2, 0) is 13.1 Å². The second-order valence-electron chi connectivity index (χ2n) is 5.86. The number of rotatable bonds is 3. The molecular weight excluding hydrogens is 332 g/mol. The summed E-state index contributed by atoms with van der Waals surface area (Å²) >= 11 is 0. The first-order chi connectivity index (χ1) is 12.9. The maximum atomic E-state index is 5.58. The number of furan rings is 1. The minimum absolute atomic E-state index is 0.613. The molecule has 0 bridgehead atoms. The van der Waals surface area contributed by atoms with Gasteiger partial charge in [0.1, 0.15) is 12.0 Å². The smallest absolute Gasteiger partial charge is 0.226 e. The molecular formula is C17H14N8O. The Labute approximate surface area is 148 Å². The van der Waals surface area contributed by atoms with Crippen molar-refractivity contribution in [2.24, 2.45) is 0 Å². The van der Waals surface area contributed by atoms with E-state index in [1.165, 1.54) is 0 Å². The Morgan fingerprint density at radius 3 is 2.92 bits per heavy atom. The molecule has 4 aromatic rings. The first kappa shape index (κ1) is 14.7.